The van der Waals surface area contributed by atoms with Crippen molar-refractivity contribution in [3.63, 3.8) is 0 Å². The van der Waals surface area contributed by atoms with E-state index in [1.54, 1.807) is 0 Å². The minimum atomic E-state index is 0.265. The van der Waals surface area contributed by atoms with Crippen molar-refractivity contribution in [3.8, 4) is 0 Å². The van der Waals surface area contributed by atoms with Crippen LogP contribution in [0.15, 0.2) is 24.3 Å². The van der Waals surface area contributed by atoms with E-state index in [9.17, 15) is 0 Å². The van der Waals surface area contributed by atoms with E-state index in [0.717, 1.165) is 5.92 Å². The molecule has 0 amide bonds. The Kier molecular flexibility index (Phi) is 3.87. The van der Waals surface area contributed by atoms with Crippen LogP contribution in [0, 0.1) is 0 Å². The van der Waals surface area contributed by atoms with E-state index in [2.05, 4.69) is 57.7 Å². The lowest BCUT2D eigenvalue weighted by Gasteiger charge is -2.27. The van der Waals surface area contributed by atoms with E-state index in [1.807, 2.05) is 0 Å². The third kappa shape index (κ3) is 3.28. The van der Waals surface area contributed by atoms with Crippen LogP contribution in [0.4, 0.5) is 0 Å². The van der Waals surface area contributed by atoms with Crippen LogP contribution in [0.3, 0.4) is 0 Å². The van der Waals surface area contributed by atoms with E-state index in [1.165, 1.54) is 36.8 Å². The number of hydrogen-bond donors (Lipinski definition) is 1. The molecule has 1 aliphatic rings. The van der Waals surface area contributed by atoms with Crippen molar-refractivity contribution in [1.29, 1.82) is 0 Å². The average Bonchev–Trinajstić information content (AvgIpc) is 2.29. The minimum Gasteiger partial charge on any atom is -0.176 e. The molecule has 0 unspecified atom stereocenters. The van der Waals surface area contributed by atoms with Gasteiger partial charge in [-0.15, -0.1) is 0 Å². The summed E-state index contributed by atoms with van der Waals surface area (Å²) in [4.78, 5) is 0. The molecule has 0 atom stereocenters. The fraction of sp³-hybridized carbons (Fsp3) is 0.625. The highest BCUT2D eigenvalue weighted by Crippen LogP contribution is 2.35. The lowest BCUT2D eigenvalue weighted by atomic mass is 9.81. The zero-order valence-electron chi connectivity index (χ0n) is 11.2. The van der Waals surface area contributed by atoms with Crippen molar-refractivity contribution in [2.24, 2.45) is 0 Å². The maximum absolute atomic E-state index is 4.57. The van der Waals surface area contributed by atoms with E-state index in [4.69, 9.17) is 0 Å². The maximum atomic E-state index is 4.57. The van der Waals surface area contributed by atoms with Gasteiger partial charge in [0.15, 0.2) is 0 Å². The van der Waals surface area contributed by atoms with Crippen LogP contribution in [-0.4, -0.2) is 5.25 Å². The van der Waals surface area contributed by atoms with Gasteiger partial charge in [0.1, 0.15) is 0 Å². The number of thiol groups is 1. The first-order valence-electron chi connectivity index (χ1n) is 6.75. The summed E-state index contributed by atoms with van der Waals surface area (Å²) in [7, 11) is 0. The Morgan fingerprint density at radius 2 is 1.47 bits per heavy atom. The number of rotatable bonds is 1. The molecule has 17 heavy (non-hydrogen) atoms. The van der Waals surface area contributed by atoms with Gasteiger partial charge in [0.2, 0.25) is 0 Å². The monoisotopic (exact) mass is 248 g/mol. The van der Waals surface area contributed by atoms with Gasteiger partial charge in [-0.1, -0.05) is 45.0 Å². The van der Waals surface area contributed by atoms with E-state index >= 15 is 0 Å². The summed E-state index contributed by atoms with van der Waals surface area (Å²) in [6.07, 6.45) is 5.16. The van der Waals surface area contributed by atoms with Crippen LogP contribution >= 0.6 is 12.6 Å². The van der Waals surface area contributed by atoms with Gasteiger partial charge in [0, 0.05) is 5.25 Å². The van der Waals surface area contributed by atoms with Gasteiger partial charge >= 0.3 is 0 Å². The molecule has 0 N–H and O–H groups in total. The van der Waals surface area contributed by atoms with Crippen molar-refractivity contribution in [2.75, 3.05) is 0 Å². The molecule has 0 aromatic heterocycles. The normalized spacial score (nSPS) is 25.9. The molecule has 1 fully saturated rings. The molecule has 1 saturated carbocycles. The van der Waals surface area contributed by atoms with Crippen LogP contribution < -0.4 is 0 Å². The smallest absolute Gasteiger partial charge is 0.00172 e. The molecule has 0 aliphatic heterocycles. The number of hydrogen-bond acceptors (Lipinski definition) is 1. The Labute approximate surface area is 111 Å². The Hall–Kier alpha value is -0.430. The van der Waals surface area contributed by atoms with Crippen LogP contribution in [0.2, 0.25) is 0 Å². The third-order valence-corrected chi connectivity index (χ3v) is 4.46. The number of benzene rings is 1. The predicted molar refractivity (Wildman–Crippen MR) is 79.1 cm³/mol. The van der Waals surface area contributed by atoms with Gasteiger partial charge in [-0.3, -0.25) is 0 Å². The van der Waals surface area contributed by atoms with Crippen molar-refractivity contribution in [3.05, 3.63) is 35.4 Å². The van der Waals surface area contributed by atoms with Crippen LogP contribution in [0.5, 0.6) is 0 Å². The standard InChI is InChI=1S/C16H24S/c1-16(2,3)14-8-4-12(5-9-14)13-6-10-15(17)11-7-13/h4-5,8-9,13,15,17H,6-7,10-11H2,1-3H3. The van der Waals surface area contributed by atoms with Crippen molar-refractivity contribution < 1.29 is 0 Å². The Bertz CT molecular complexity index is 350. The Balaban J connectivity index is 2.08. The van der Waals surface area contributed by atoms with E-state index in [-0.39, 0.29) is 5.41 Å². The quantitative estimate of drug-likeness (QED) is 0.669. The van der Waals surface area contributed by atoms with E-state index in [0.29, 0.717) is 5.25 Å². The van der Waals surface area contributed by atoms with Crippen LogP contribution in [-0.2, 0) is 5.41 Å². The molecular weight excluding hydrogens is 224 g/mol. The van der Waals surface area contributed by atoms with Crippen molar-refractivity contribution in [1.82, 2.24) is 0 Å². The van der Waals surface area contributed by atoms with Gasteiger partial charge in [-0.2, -0.15) is 12.6 Å². The second kappa shape index (κ2) is 5.06. The molecule has 0 bridgehead atoms. The lowest BCUT2D eigenvalue weighted by Crippen LogP contribution is -2.14. The third-order valence-electron chi connectivity index (χ3n) is 3.94. The maximum Gasteiger partial charge on any atom is 0.00172 e. The zero-order valence-corrected chi connectivity index (χ0v) is 12.1. The first-order chi connectivity index (χ1) is 7.97. The average molecular weight is 248 g/mol. The molecule has 1 aromatic carbocycles. The van der Waals surface area contributed by atoms with Gasteiger partial charge in [-0.05, 0) is 48.1 Å². The highest BCUT2D eigenvalue weighted by Gasteiger charge is 2.20. The molecule has 0 spiro atoms. The fourth-order valence-corrected chi connectivity index (χ4v) is 2.96. The van der Waals surface area contributed by atoms with E-state index < -0.39 is 0 Å². The Morgan fingerprint density at radius 3 is 1.94 bits per heavy atom. The van der Waals surface area contributed by atoms with Gasteiger partial charge in [-0.25, -0.2) is 0 Å². The summed E-state index contributed by atoms with van der Waals surface area (Å²) in [5, 5.41) is 0.639. The summed E-state index contributed by atoms with van der Waals surface area (Å²) < 4.78 is 0. The lowest BCUT2D eigenvalue weighted by molar-refractivity contribution is 0.454. The zero-order chi connectivity index (χ0) is 12.5. The highest BCUT2D eigenvalue weighted by molar-refractivity contribution is 7.80. The predicted octanol–water partition coefficient (Wildman–Crippen LogP) is 4.94. The summed E-state index contributed by atoms with van der Waals surface area (Å²) in [5.41, 5.74) is 3.23. The highest BCUT2D eigenvalue weighted by atomic mass is 32.1. The molecule has 2 rings (SSSR count). The molecular formula is C16H24S. The fourth-order valence-electron chi connectivity index (χ4n) is 2.66. The second-order valence-electron chi connectivity index (χ2n) is 6.38. The minimum absolute atomic E-state index is 0.265. The van der Waals surface area contributed by atoms with Crippen molar-refractivity contribution >= 4 is 12.6 Å². The molecule has 94 valence electrons. The van der Waals surface area contributed by atoms with Gasteiger partial charge in [0.05, 0.1) is 0 Å². The molecule has 1 heteroatoms. The molecule has 1 aliphatic carbocycles. The van der Waals surface area contributed by atoms with Crippen LogP contribution in [0.1, 0.15) is 63.5 Å². The first kappa shape index (κ1) is 13.0. The summed E-state index contributed by atoms with van der Waals surface area (Å²) in [6.45, 7) is 6.82. The summed E-state index contributed by atoms with van der Waals surface area (Å²) in [6, 6.07) is 9.29. The molecule has 0 nitrogen and oxygen atoms in total. The second-order valence-corrected chi connectivity index (χ2v) is 7.11. The largest absolute Gasteiger partial charge is 0.176 e. The molecule has 0 heterocycles. The molecule has 0 saturated heterocycles. The van der Waals surface area contributed by atoms with Crippen molar-refractivity contribution in [2.45, 2.75) is 63.0 Å². The summed E-state index contributed by atoms with van der Waals surface area (Å²) >= 11 is 4.57. The summed E-state index contributed by atoms with van der Waals surface area (Å²) in [5.74, 6) is 0.771. The Morgan fingerprint density at radius 1 is 0.941 bits per heavy atom. The van der Waals surface area contributed by atoms with Gasteiger partial charge < -0.3 is 0 Å². The molecule has 1 aromatic rings. The topological polar surface area (TPSA) is 0 Å². The SMILES string of the molecule is CC(C)(C)c1ccc(C2CCC(S)CC2)cc1. The van der Waals surface area contributed by atoms with Crippen LogP contribution in [0.25, 0.3) is 0 Å². The van der Waals surface area contributed by atoms with Gasteiger partial charge in [0.25, 0.3) is 0 Å². The molecule has 0 radical (unpaired) electrons. The first-order valence-corrected chi connectivity index (χ1v) is 7.27.